The summed E-state index contributed by atoms with van der Waals surface area (Å²) >= 11 is 0. The smallest absolute Gasteiger partial charge is 0.121 e. The van der Waals surface area contributed by atoms with Crippen LogP contribution in [-0.2, 0) is 4.74 Å². The lowest BCUT2D eigenvalue weighted by atomic mass is 10.0. The van der Waals surface area contributed by atoms with E-state index in [1.807, 2.05) is 12.1 Å². The number of rotatable bonds is 1. The molecular weight excluding hydrogens is 176 g/mol. The molecule has 0 amide bonds. The Morgan fingerprint density at radius 2 is 2.21 bits per heavy atom. The Hall–Kier alpha value is -1.35. The van der Waals surface area contributed by atoms with Crippen molar-refractivity contribution in [1.29, 1.82) is 0 Å². The molecule has 1 aliphatic rings. The zero-order valence-electron chi connectivity index (χ0n) is 8.23. The molecule has 1 unspecified atom stereocenters. The van der Waals surface area contributed by atoms with Gasteiger partial charge in [-0.2, -0.15) is 0 Å². The molecule has 0 aromatic heterocycles. The number of benzene rings is 1. The van der Waals surface area contributed by atoms with Crippen LogP contribution in [0.1, 0.15) is 17.2 Å². The fraction of sp³-hybridized carbons (Fsp3) is 0.364. The summed E-state index contributed by atoms with van der Waals surface area (Å²) in [4.78, 5) is 4.38. The molecule has 1 aromatic rings. The molecule has 14 heavy (non-hydrogen) atoms. The third-order valence-corrected chi connectivity index (χ3v) is 2.39. The van der Waals surface area contributed by atoms with Crippen LogP contribution in [0.5, 0.6) is 0 Å². The van der Waals surface area contributed by atoms with Crippen molar-refractivity contribution in [3.8, 4) is 0 Å². The van der Waals surface area contributed by atoms with Crippen molar-refractivity contribution in [2.75, 3.05) is 13.2 Å². The molecule has 1 atom stereocenters. The maximum absolute atomic E-state index is 5.64. The molecule has 2 N–H and O–H groups in total. The summed E-state index contributed by atoms with van der Waals surface area (Å²) in [5.41, 5.74) is 8.08. The summed E-state index contributed by atoms with van der Waals surface area (Å²) in [6, 6.07) is 8.27. The largest absolute Gasteiger partial charge is 0.386 e. The molecule has 1 heterocycles. The molecule has 74 valence electrons. The van der Waals surface area contributed by atoms with Gasteiger partial charge >= 0.3 is 0 Å². The van der Waals surface area contributed by atoms with Crippen LogP contribution in [0.3, 0.4) is 0 Å². The summed E-state index contributed by atoms with van der Waals surface area (Å²) < 4.78 is 5.35. The summed E-state index contributed by atoms with van der Waals surface area (Å²) in [5.74, 6) is 0.588. The van der Waals surface area contributed by atoms with E-state index in [4.69, 9.17) is 10.5 Å². The van der Waals surface area contributed by atoms with Crippen LogP contribution in [0.4, 0.5) is 0 Å². The number of aliphatic imine (C=N–C) groups is 1. The molecule has 0 saturated heterocycles. The first-order chi connectivity index (χ1) is 6.77. The van der Waals surface area contributed by atoms with E-state index in [0.717, 1.165) is 0 Å². The fourth-order valence-electron chi connectivity index (χ4n) is 1.67. The third kappa shape index (κ3) is 1.77. The molecule has 0 spiro atoms. The second-order valence-corrected chi connectivity index (χ2v) is 3.51. The normalized spacial score (nSPS) is 21.8. The Labute approximate surface area is 83.6 Å². The number of ether oxygens (including phenoxy) is 1. The SMILES string of the molecule is Cc1ccccc1C1COCC(N)=N1. The van der Waals surface area contributed by atoms with E-state index >= 15 is 0 Å². The van der Waals surface area contributed by atoms with Gasteiger partial charge in [0.05, 0.1) is 6.61 Å². The highest BCUT2D eigenvalue weighted by molar-refractivity contribution is 5.82. The predicted octanol–water partition coefficient (Wildman–Crippen LogP) is 1.42. The molecule has 0 aliphatic carbocycles. The molecule has 1 aromatic carbocycles. The van der Waals surface area contributed by atoms with Gasteiger partial charge in [0.15, 0.2) is 0 Å². The van der Waals surface area contributed by atoms with Crippen molar-refractivity contribution >= 4 is 5.84 Å². The second kappa shape index (κ2) is 3.80. The van der Waals surface area contributed by atoms with E-state index in [2.05, 4.69) is 24.0 Å². The van der Waals surface area contributed by atoms with Gasteiger partial charge in [-0.05, 0) is 18.1 Å². The number of nitrogens with two attached hydrogens (primary N) is 1. The average Bonchev–Trinajstić information content (AvgIpc) is 2.18. The van der Waals surface area contributed by atoms with Gasteiger partial charge in [-0.25, -0.2) is 0 Å². The van der Waals surface area contributed by atoms with E-state index in [1.54, 1.807) is 0 Å². The van der Waals surface area contributed by atoms with Gasteiger partial charge in [-0.3, -0.25) is 4.99 Å². The molecule has 2 rings (SSSR count). The highest BCUT2D eigenvalue weighted by atomic mass is 16.5. The van der Waals surface area contributed by atoms with Crippen molar-refractivity contribution in [1.82, 2.24) is 0 Å². The zero-order valence-corrected chi connectivity index (χ0v) is 8.23. The van der Waals surface area contributed by atoms with Crippen LogP contribution >= 0.6 is 0 Å². The van der Waals surface area contributed by atoms with Gasteiger partial charge in [-0.15, -0.1) is 0 Å². The molecule has 0 bridgehead atoms. The number of hydrogen-bond donors (Lipinski definition) is 1. The number of nitrogens with zero attached hydrogens (tertiary/aromatic N) is 1. The van der Waals surface area contributed by atoms with Gasteiger partial charge in [0, 0.05) is 0 Å². The summed E-state index contributed by atoms with van der Waals surface area (Å²) in [5, 5.41) is 0. The topological polar surface area (TPSA) is 47.6 Å². The highest BCUT2D eigenvalue weighted by Gasteiger charge is 2.16. The lowest BCUT2D eigenvalue weighted by Crippen LogP contribution is -2.27. The summed E-state index contributed by atoms with van der Waals surface area (Å²) in [6.07, 6.45) is 0. The first-order valence-electron chi connectivity index (χ1n) is 4.73. The Kier molecular flexibility index (Phi) is 2.50. The minimum atomic E-state index is 0.0740. The van der Waals surface area contributed by atoms with Crippen molar-refractivity contribution in [2.45, 2.75) is 13.0 Å². The van der Waals surface area contributed by atoms with Crippen molar-refractivity contribution < 1.29 is 4.74 Å². The Bertz CT molecular complexity index is 360. The average molecular weight is 190 g/mol. The quantitative estimate of drug-likeness (QED) is 0.728. The van der Waals surface area contributed by atoms with E-state index in [1.165, 1.54) is 11.1 Å². The summed E-state index contributed by atoms with van der Waals surface area (Å²) in [6.45, 7) is 3.17. The molecule has 0 radical (unpaired) electrons. The molecule has 1 aliphatic heterocycles. The molecule has 0 saturated carbocycles. The monoisotopic (exact) mass is 190 g/mol. The first kappa shape index (κ1) is 9.21. The Balaban J connectivity index is 2.31. The fourth-order valence-corrected chi connectivity index (χ4v) is 1.67. The van der Waals surface area contributed by atoms with Crippen molar-refractivity contribution in [2.24, 2.45) is 10.7 Å². The highest BCUT2D eigenvalue weighted by Crippen LogP contribution is 2.23. The van der Waals surface area contributed by atoms with Crippen molar-refractivity contribution in [3.05, 3.63) is 35.4 Å². The zero-order chi connectivity index (χ0) is 9.97. The van der Waals surface area contributed by atoms with E-state index in [-0.39, 0.29) is 6.04 Å². The first-order valence-corrected chi connectivity index (χ1v) is 4.73. The van der Waals surface area contributed by atoms with E-state index < -0.39 is 0 Å². The number of amidine groups is 1. The second-order valence-electron chi connectivity index (χ2n) is 3.51. The number of hydrogen-bond acceptors (Lipinski definition) is 3. The lowest BCUT2D eigenvalue weighted by Gasteiger charge is -2.20. The van der Waals surface area contributed by atoms with Crippen LogP contribution in [0.25, 0.3) is 0 Å². The maximum atomic E-state index is 5.64. The third-order valence-electron chi connectivity index (χ3n) is 2.39. The van der Waals surface area contributed by atoms with Gasteiger partial charge in [0.25, 0.3) is 0 Å². The molecule has 3 nitrogen and oxygen atoms in total. The van der Waals surface area contributed by atoms with Crippen molar-refractivity contribution in [3.63, 3.8) is 0 Å². The van der Waals surface area contributed by atoms with E-state index in [9.17, 15) is 0 Å². The van der Waals surface area contributed by atoms with Crippen LogP contribution in [-0.4, -0.2) is 19.0 Å². The minimum Gasteiger partial charge on any atom is -0.386 e. The molecule has 0 fully saturated rings. The van der Waals surface area contributed by atoms with Crippen LogP contribution in [0, 0.1) is 6.92 Å². The molecule has 3 heteroatoms. The van der Waals surface area contributed by atoms with Gasteiger partial charge < -0.3 is 10.5 Å². The summed E-state index contributed by atoms with van der Waals surface area (Å²) in [7, 11) is 0. The molecular formula is C11H14N2O. The van der Waals surface area contributed by atoms with Crippen LogP contribution in [0.2, 0.25) is 0 Å². The van der Waals surface area contributed by atoms with Crippen LogP contribution < -0.4 is 5.73 Å². The van der Waals surface area contributed by atoms with Gasteiger partial charge in [0.2, 0.25) is 0 Å². The maximum Gasteiger partial charge on any atom is 0.121 e. The number of aryl methyl sites for hydroxylation is 1. The van der Waals surface area contributed by atoms with Gasteiger partial charge in [0.1, 0.15) is 18.5 Å². The van der Waals surface area contributed by atoms with Gasteiger partial charge in [-0.1, -0.05) is 24.3 Å². The minimum absolute atomic E-state index is 0.0740. The standard InChI is InChI=1S/C11H14N2O/c1-8-4-2-3-5-9(8)10-6-14-7-11(12)13-10/h2-5,10H,6-7H2,1H3,(H2,12,13). The lowest BCUT2D eigenvalue weighted by molar-refractivity contribution is 0.143. The predicted molar refractivity (Wildman–Crippen MR) is 56.4 cm³/mol. The van der Waals surface area contributed by atoms with E-state index in [0.29, 0.717) is 19.0 Å². The van der Waals surface area contributed by atoms with Crippen LogP contribution in [0.15, 0.2) is 29.3 Å². The Morgan fingerprint density at radius 1 is 1.43 bits per heavy atom. The Morgan fingerprint density at radius 3 is 2.93 bits per heavy atom.